The quantitative estimate of drug-likeness (QED) is 0.861. The number of carbonyl (C=O) groups excluding carboxylic acids is 1. The first-order chi connectivity index (χ1) is 9.19. The molecule has 1 amide bonds. The molecule has 0 aliphatic carbocycles. The highest BCUT2D eigenvalue weighted by molar-refractivity contribution is 5.67. The first kappa shape index (κ1) is 16.1. The van der Waals surface area contributed by atoms with E-state index in [4.69, 9.17) is 15.2 Å². The lowest BCUT2D eigenvalue weighted by atomic mass is 10.2. The first-order valence-electron chi connectivity index (χ1n) is 6.62. The van der Waals surface area contributed by atoms with Gasteiger partial charge in [-0.2, -0.15) is 0 Å². The maximum absolute atomic E-state index is 11.7. The second kappa shape index (κ2) is 6.50. The minimum atomic E-state index is -0.492. The Labute approximate surface area is 120 Å². The summed E-state index contributed by atoms with van der Waals surface area (Å²) in [6, 6.07) is 5.62. The van der Waals surface area contributed by atoms with E-state index in [1.807, 2.05) is 45.9 Å². The number of hydrogen-bond acceptors (Lipinski definition) is 4. The van der Waals surface area contributed by atoms with Crippen LogP contribution >= 0.6 is 0 Å². The highest BCUT2D eigenvalue weighted by atomic mass is 16.6. The van der Waals surface area contributed by atoms with Crippen LogP contribution in [0.1, 0.15) is 26.3 Å². The van der Waals surface area contributed by atoms with Crippen molar-refractivity contribution >= 4 is 11.8 Å². The Balaban J connectivity index is 2.42. The number of aryl methyl sites for hydroxylation is 1. The predicted octanol–water partition coefficient (Wildman–Crippen LogP) is 2.82. The maximum Gasteiger partial charge on any atom is 0.410 e. The minimum absolute atomic E-state index is 0.363. The van der Waals surface area contributed by atoms with Crippen LogP contribution in [0.15, 0.2) is 18.2 Å². The summed E-state index contributed by atoms with van der Waals surface area (Å²) in [5.74, 6) is 0.633. The topological polar surface area (TPSA) is 64.8 Å². The fourth-order valence-electron chi connectivity index (χ4n) is 1.52. The van der Waals surface area contributed by atoms with Crippen LogP contribution in [-0.4, -0.2) is 36.8 Å². The molecule has 0 aliphatic heterocycles. The number of likely N-dealkylation sites (N-methyl/N-ethyl adjacent to an activating group) is 1. The normalized spacial score (nSPS) is 11.1. The van der Waals surface area contributed by atoms with Crippen LogP contribution in [0.3, 0.4) is 0 Å². The van der Waals surface area contributed by atoms with Crippen molar-refractivity contribution in [3.8, 4) is 5.75 Å². The minimum Gasteiger partial charge on any atom is -0.490 e. The number of carbonyl (C=O) groups is 1. The summed E-state index contributed by atoms with van der Waals surface area (Å²) in [4.78, 5) is 13.2. The molecule has 1 aromatic carbocycles. The van der Waals surface area contributed by atoms with E-state index in [0.29, 0.717) is 24.6 Å². The average Bonchev–Trinajstić information content (AvgIpc) is 2.29. The molecule has 0 heterocycles. The number of benzene rings is 1. The van der Waals surface area contributed by atoms with Gasteiger partial charge >= 0.3 is 6.09 Å². The van der Waals surface area contributed by atoms with Crippen molar-refractivity contribution in [2.45, 2.75) is 33.3 Å². The lowest BCUT2D eigenvalue weighted by Gasteiger charge is -2.24. The second-order valence-electron chi connectivity index (χ2n) is 5.79. The summed E-state index contributed by atoms with van der Waals surface area (Å²) in [6.45, 7) is 8.27. The number of nitrogen functional groups attached to an aromatic ring is 1. The van der Waals surface area contributed by atoms with Crippen molar-refractivity contribution < 1.29 is 14.3 Å². The first-order valence-corrected chi connectivity index (χ1v) is 6.62. The molecule has 1 aromatic rings. The van der Waals surface area contributed by atoms with Gasteiger partial charge in [0.15, 0.2) is 0 Å². The van der Waals surface area contributed by atoms with E-state index in [9.17, 15) is 4.79 Å². The summed E-state index contributed by atoms with van der Waals surface area (Å²) >= 11 is 0. The number of amides is 1. The van der Waals surface area contributed by atoms with Gasteiger partial charge in [-0.1, -0.05) is 6.07 Å². The van der Waals surface area contributed by atoms with Crippen molar-refractivity contribution in [3.63, 3.8) is 0 Å². The molecular formula is C15H24N2O3. The molecule has 5 heteroatoms. The Kier molecular flexibility index (Phi) is 5.25. The SMILES string of the molecule is Cc1ccc(OCCN(C)C(=O)OC(C)(C)C)c(N)c1. The lowest BCUT2D eigenvalue weighted by molar-refractivity contribution is 0.0278. The number of rotatable bonds is 4. The summed E-state index contributed by atoms with van der Waals surface area (Å²) in [7, 11) is 1.68. The fraction of sp³-hybridized carbons (Fsp3) is 0.533. The van der Waals surface area contributed by atoms with E-state index in [0.717, 1.165) is 5.56 Å². The zero-order valence-electron chi connectivity index (χ0n) is 12.9. The molecule has 0 aliphatic rings. The molecule has 0 aromatic heterocycles. The monoisotopic (exact) mass is 280 g/mol. The molecule has 0 atom stereocenters. The van der Waals surface area contributed by atoms with Crippen LogP contribution in [0.25, 0.3) is 0 Å². The van der Waals surface area contributed by atoms with Crippen molar-refractivity contribution in [3.05, 3.63) is 23.8 Å². The highest BCUT2D eigenvalue weighted by Crippen LogP contribution is 2.21. The summed E-state index contributed by atoms with van der Waals surface area (Å²) in [6.07, 6.45) is -0.363. The summed E-state index contributed by atoms with van der Waals surface area (Å²) in [5, 5.41) is 0. The molecule has 5 nitrogen and oxygen atoms in total. The number of ether oxygens (including phenoxy) is 2. The molecule has 0 unspecified atom stereocenters. The van der Waals surface area contributed by atoms with Gasteiger partial charge in [-0.25, -0.2) is 4.79 Å². The van der Waals surface area contributed by atoms with Gasteiger partial charge in [0.05, 0.1) is 12.2 Å². The molecule has 20 heavy (non-hydrogen) atoms. The van der Waals surface area contributed by atoms with Gasteiger partial charge in [0.2, 0.25) is 0 Å². The smallest absolute Gasteiger partial charge is 0.410 e. The molecule has 0 spiro atoms. The Hall–Kier alpha value is -1.91. The third-order valence-corrected chi connectivity index (χ3v) is 2.55. The molecule has 0 bridgehead atoms. The van der Waals surface area contributed by atoms with Gasteiger partial charge in [0.1, 0.15) is 18.0 Å². The average molecular weight is 280 g/mol. The van der Waals surface area contributed by atoms with Crippen LogP contribution in [0.4, 0.5) is 10.5 Å². The van der Waals surface area contributed by atoms with Crippen LogP contribution in [0, 0.1) is 6.92 Å². The van der Waals surface area contributed by atoms with E-state index in [1.54, 1.807) is 7.05 Å². The molecule has 0 saturated carbocycles. The van der Waals surface area contributed by atoms with Crippen molar-refractivity contribution in [2.24, 2.45) is 0 Å². The molecule has 112 valence electrons. The predicted molar refractivity (Wildman–Crippen MR) is 80.0 cm³/mol. The van der Waals surface area contributed by atoms with E-state index in [2.05, 4.69) is 0 Å². The molecule has 0 radical (unpaired) electrons. The van der Waals surface area contributed by atoms with E-state index >= 15 is 0 Å². The Bertz CT molecular complexity index is 467. The Morgan fingerprint density at radius 1 is 1.35 bits per heavy atom. The number of hydrogen-bond donors (Lipinski definition) is 1. The van der Waals surface area contributed by atoms with Crippen molar-refractivity contribution in [1.29, 1.82) is 0 Å². The lowest BCUT2D eigenvalue weighted by Crippen LogP contribution is -2.36. The van der Waals surface area contributed by atoms with Gasteiger partial charge in [0, 0.05) is 7.05 Å². The number of nitrogens with two attached hydrogens (primary N) is 1. The van der Waals surface area contributed by atoms with Crippen LogP contribution in [0.5, 0.6) is 5.75 Å². The second-order valence-corrected chi connectivity index (χ2v) is 5.79. The zero-order valence-corrected chi connectivity index (χ0v) is 12.9. The van der Waals surface area contributed by atoms with Crippen LogP contribution in [0.2, 0.25) is 0 Å². The highest BCUT2D eigenvalue weighted by Gasteiger charge is 2.19. The third kappa shape index (κ3) is 5.38. The van der Waals surface area contributed by atoms with Crippen LogP contribution < -0.4 is 10.5 Å². The van der Waals surface area contributed by atoms with Gasteiger partial charge in [-0.05, 0) is 45.4 Å². The van der Waals surface area contributed by atoms with Gasteiger partial charge < -0.3 is 20.1 Å². The zero-order chi connectivity index (χ0) is 15.3. The van der Waals surface area contributed by atoms with Crippen molar-refractivity contribution in [1.82, 2.24) is 4.90 Å². The number of anilines is 1. The van der Waals surface area contributed by atoms with Gasteiger partial charge in [-0.15, -0.1) is 0 Å². The van der Waals surface area contributed by atoms with E-state index < -0.39 is 5.60 Å². The molecule has 0 saturated heterocycles. The van der Waals surface area contributed by atoms with E-state index in [-0.39, 0.29) is 6.09 Å². The molecule has 0 fully saturated rings. The van der Waals surface area contributed by atoms with E-state index in [1.165, 1.54) is 4.90 Å². The van der Waals surface area contributed by atoms with Gasteiger partial charge in [0.25, 0.3) is 0 Å². The van der Waals surface area contributed by atoms with Gasteiger partial charge in [-0.3, -0.25) is 0 Å². The Morgan fingerprint density at radius 3 is 2.55 bits per heavy atom. The molecular weight excluding hydrogens is 256 g/mol. The molecule has 2 N–H and O–H groups in total. The third-order valence-electron chi connectivity index (χ3n) is 2.55. The summed E-state index contributed by atoms with van der Waals surface area (Å²) in [5.41, 5.74) is 7.04. The maximum atomic E-state index is 11.7. The van der Waals surface area contributed by atoms with Crippen molar-refractivity contribution in [2.75, 3.05) is 25.9 Å². The number of nitrogens with zero attached hydrogens (tertiary/aromatic N) is 1. The van der Waals surface area contributed by atoms with Crippen LogP contribution in [-0.2, 0) is 4.74 Å². The Morgan fingerprint density at radius 2 is 2.00 bits per heavy atom. The standard InChI is InChI=1S/C15H24N2O3/c1-11-6-7-13(12(16)10-11)19-9-8-17(5)14(18)20-15(2,3)4/h6-7,10H,8-9,16H2,1-5H3. The fourth-order valence-corrected chi connectivity index (χ4v) is 1.52. The molecule has 1 rings (SSSR count). The largest absolute Gasteiger partial charge is 0.490 e. The summed E-state index contributed by atoms with van der Waals surface area (Å²) < 4.78 is 10.8.